The molecule has 2 amide bonds. The van der Waals surface area contributed by atoms with Crippen molar-refractivity contribution in [1.29, 1.82) is 0 Å². The van der Waals surface area contributed by atoms with Crippen LogP contribution in [-0.2, 0) is 11.0 Å². The Kier molecular flexibility index (Phi) is 5.37. The van der Waals surface area contributed by atoms with Gasteiger partial charge in [-0.2, -0.15) is 13.2 Å². The van der Waals surface area contributed by atoms with Crippen molar-refractivity contribution in [2.24, 2.45) is 5.73 Å². The molecule has 32 heavy (non-hydrogen) atoms. The topological polar surface area (TPSA) is 94.8 Å². The molecule has 1 aliphatic rings. The summed E-state index contributed by atoms with van der Waals surface area (Å²) in [4.78, 5) is 28.2. The first-order chi connectivity index (χ1) is 15.2. The summed E-state index contributed by atoms with van der Waals surface area (Å²) in [5, 5.41) is 0.362. The number of benzene rings is 2. The lowest BCUT2D eigenvalue weighted by atomic mass is 10.1. The van der Waals surface area contributed by atoms with Crippen LogP contribution in [0.1, 0.15) is 28.8 Å². The maximum Gasteiger partial charge on any atom is 0.418 e. The van der Waals surface area contributed by atoms with Crippen LogP contribution in [0.15, 0.2) is 42.6 Å². The number of hydrogen-bond acceptors (Lipinski definition) is 5. The van der Waals surface area contributed by atoms with E-state index in [1.165, 1.54) is 43.6 Å². The third kappa shape index (κ3) is 4.03. The molecular formula is C22H17F3N3O4. The van der Waals surface area contributed by atoms with E-state index in [1.807, 2.05) is 0 Å². The summed E-state index contributed by atoms with van der Waals surface area (Å²) in [6, 6.07) is 7.41. The van der Waals surface area contributed by atoms with Gasteiger partial charge in [-0.1, -0.05) is 0 Å². The van der Waals surface area contributed by atoms with E-state index in [1.54, 1.807) is 6.41 Å². The first kappa shape index (κ1) is 21.4. The highest BCUT2D eigenvalue weighted by Gasteiger charge is 2.39. The van der Waals surface area contributed by atoms with Crippen molar-refractivity contribution in [2.45, 2.75) is 25.1 Å². The summed E-state index contributed by atoms with van der Waals surface area (Å²) in [7, 11) is 1.37. The highest BCUT2D eigenvalue weighted by atomic mass is 19.4. The maximum absolute atomic E-state index is 13.7. The van der Waals surface area contributed by atoms with Crippen LogP contribution < -0.4 is 20.1 Å². The first-order valence-electron chi connectivity index (χ1n) is 9.55. The number of primary amides is 1. The van der Waals surface area contributed by atoms with Gasteiger partial charge in [0.25, 0.3) is 5.91 Å². The molecule has 1 aliphatic carbocycles. The van der Waals surface area contributed by atoms with Crippen LogP contribution in [0.25, 0.3) is 10.9 Å². The number of carbonyl (C=O) groups excluding carboxylic acids is 2. The maximum atomic E-state index is 13.7. The van der Waals surface area contributed by atoms with Crippen LogP contribution in [0.4, 0.5) is 18.9 Å². The number of nitrogens with zero attached hydrogens (tertiary/aromatic N) is 2. The summed E-state index contributed by atoms with van der Waals surface area (Å²) in [5.41, 5.74) is 4.58. The fourth-order valence-electron chi connectivity index (χ4n) is 3.39. The Labute approximate surface area is 180 Å². The minimum atomic E-state index is -4.72. The summed E-state index contributed by atoms with van der Waals surface area (Å²) in [6.07, 6.45) is -0.463. The van der Waals surface area contributed by atoms with E-state index < -0.39 is 17.6 Å². The van der Waals surface area contributed by atoms with Crippen molar-refractivity contribution in [3.05, 3.63) is 53.7 Å². The number of rotatable bonds is 7. The summed E-state index contributed by atoms with van der Waals surface area (Å²) in [6.45, 7) is 0. The van der Waals surface area contributed by atoms with Gasteiger partial charge in [0.15, 0.2) is 0 Å². The van der Waals surface area contributed by atoms with Gasteiger partial charge in [-0.05, 0) is 43.2 Å². The van der Waals surface area contributed by atoms with Crippen LogP contribution in [0.5, 0.6) is 17.2 Å². The van der Waals surface area contributed by atoms with Crippen LogP contribution in [0.2, 0.25) is 0 Å². The van der Waals surface area contributed by atoms with Gasteiger partial charge >= 0.3 is 12.6 Å². The number of fused-ring (bicyclic) bond motifs is 1. The predicted octanol–water partition coefficient (Wildman–Crippen LogP) is 4.19. The minimum Gasteiger partial charge on any atom is -0.496 e. The lowest BCUT2D eigenvalue weighted by molar-refractivity contribution is -0.137. The van der Waals surface area contributed by atoms with Gasteiger partial charge in [-0.25, -0.2) is 0 Å². The lowest BCUT2D eigenvalue weighted by Gasteiger charge is -2.22. The lowest BCUT2D eigenvalue weighted by Crippen LogP contribution is -2.26. The molecule has 1 saturated carbocycles. The van der Waals surface area contributed by atoms with Gasteiger partial charge in [-0.15, -0.1) is 0 Å². The molecular weight excluding hydrogens is 427 g/mol. The van der Waals surface area contributed by atoms with Crippen molar-refractivity contribution < 1.29 is 32.2 Å². The molecule has 1 aromatic heterocycles. The van der Waals surface area contributed by atoms with Crippen LogP contribution >= 0.6 is 0 Å². The third-order valence-electron chi connectivity index (χ3n) is 5.06. The minimum absolute atomic E-state index is 0.0748. The number of alkyl halides is 3. The Morgan fingerprint density at radius 2 is 1.94 bits per heavy atom. The molecule has 4 rings (SSSR count). The SMILES string of the molecule is COc1cc2nccc(Oc3ccc(N([C]=O)C4CC4)c(C(F)(F)F)c3)c2cc1C(N)=O. The molecule has 1 heterocycles. The van der Waals surface area contributed by atoms with Crippen LogP contribution in [0, 0.1) is 0 Å². The zero-order valence-electron chi connectivity index (χ0n) is 16.8. The number of carbonyl (C=O) groups is 1. The largest absolute Gasteiger partial charge is 0.496 e. The standard InChI is InChI=1S/C22H17F3N3O4/c1-31-20-10-17-14(9-15(20)21(26)30)19(6-7-27-17)32-13-4-5-18(16(8-13)22(23,24)25)28(11-29)12-2-3-12/h4-10,12H,2-3H2,1H3,(H2,26,30). The molecule has 0 bridgehead atoms. The third-order valence-corrected chi connectivity index (χ3v) is 5.06. The summed E-state index contributed by atoms with van der Waals surface area (Å²) >= 11 is 0. The number of pyridine rings is 1. The van der Waals surface area contributed by atoms with Gasteiger partial charge in [0.1, 0.15) is 17.2 Å². The van der Waals surface area contributed by atoms with Crippen molar-refractivity contribution in [3.8, 4) is 17.2 Å². The van der Waals surface area contributed by atoms with Gasteiger partial charge in [0.2, 0.25) is 0 Å². The highest BCUT2D eigenvalue weighted by molar-refractivity contribution is 6.01. The smallest absolute Gasteiger partial charge is 0.418 e. The number of nitrogens with two attached hydrogens (primary N) is 1. The van der Waals surface area contributed by atoms with Crippen molar-refractivity contribution in [2.75, 3.05) is 12.0 Å². The number of ether oxygens (including phenoxy) is 2. The fraction of sp³-hybridized carbons (Fsp3) is 0.227. The second-order valence-corrected chi connectivity index (χ2v) is 7.21. The molecule has 0 saturated heterocycles. The molecule has 0 unspecified atom stereocenters. The van der Waals surface area contributed by atoms with E-state index in [0.717, 1.165) is 11.0 Å². The number of halogens is 3. The number of amides is 2. The summed E-state index contributed by atoms with van der Waals surface area (Å²) < 4.78 is 52.1. The molecule has 2 N–H and O–H groups in total. The number of aromatic nitrogens is 1. The van der Waals surface area contributed by atoms with E-state index in [-0.39, 0.29) is 34.5 Å². The number of methoxy groups -OCH3 is 1. The molecule has 0 atom stereocenters. The second kappa shape index (κ2) is 8.03. The Bertz CT molecular complexity index is 1210. The van der Waals surface area contributed by atoms with Gasteiger partial charge in [0, 0.05) is 23.7 Å². The molecule has 7 nitrogen and oxygen atoms in total. The zero-order chi connectivity index (χ0) is 23.0. The predicted molar refractivity (Wildman–Crippen MR) is 110 cm³/mol. The second-order valence-electron chi connectivity index (χ2n) is 7.21. The average molecular weight is 444 g/mol. The molecule has 2 aromatic carbocycles. The van der Waals surface area contributed by atoms with E-state index >= 15 is 0 Å². The van der Waals surface area contributed by atoms with Gasteiger partial charge in [-0.3, -0.25) is 14.6 Å². The van der Waals surface area contributed by atoms with Crippen LogP contribution in [-0.4, -0.2) is 30.5 Å². The monoisotopic (exact) mass is 444 g/mol. The van der Waals surface area contributed by atoms with Gasteiger partial charge in [0.05, 0.1) is 29.4 Å². The first-order valence-corrected chi connectivity index (χ1v) is 9.55. The Morgan fingerprint density at radius 3 is 2.53 bits per heavy atom. The Morgan fingerprint density at radius 1 is 1.19 bits per heavy atom. The van der Waals surface area contributed by atoms with Crippen molar-refractivity contribution in [1.82, 2.24) is 4.98 Å². The molecule has 0 aliphatic heterocycles. The Hall–Kier alpha value is -3.82. The highest BCUT2D eigenvalue weighted by Crippen LogP contribution is 2.43. The van der Waals surface area contributed by atoms with E-state index in [2.05, 4.69) is 4.98 Å². The molecule has 1 radical (unpaired) electrons. The molecule has 1 fully saturated rings. The van der Waals surface area contributed by atoms with Crippen molar-refractivity contribution >= 4 is 28.9 Å². The quantitative estimate of drug-likeness (QED) is 0.552. The fourth-order valence-corrected chi connectivity index (χ4v) is 3.39. The number of anilines is 1. The zero-order valence-corrected chi connectivity index (χ0v) is 16.8. The average Bonchev–Trinajstić information content (AvgIpc) is 3.58. The van der Waals surface area contributed by atoms with E-state index in [0.29, 0.717) is 23.7 Å². The summed E-state index contributed by atoms with van der Waals surface area (Å²) in [5.74, 6) is -0.468. The van der Waals surface area contributed by atoms with Crippen molar-refractivity contribution in [3.63, 3.8) is 0 Å². The molecule has 0 spiro atoms. The molecule has 3 aromatic rings. The van der Waals surface area contributed by atoms with E-state index in [4.69, 9.17) is 15.2 Å². The molecule has 10 heteroatoms. The van der Waals surface area contributed by atoms with Crippen LogP contribution in [0.3, 0.4) is 0 Å². The Balaban J connectivity index is 1.78. The molecule has 165 valence electrons. The number of hydrogen-bond donors (Lipinski definition) is 1. The van der Waals surface area contributed by atoms with E-state index in [9.17, 15) is 22.8 Å². The van der Waals surface area contributed by atoms with Gasteiger partial charge < -0.3 is 20.1 Å². The normalized spacial score (nSPS) is 13.6.